The lowest BCUT2D eigenvalue weighted by atomic mass is 10.2. The molecular weight excluding hydrogens is 264 g/mol. The standard InChI is InChI=1S/C15H13ClO3/c16-13-4-2-1-3-11(13)10-19-12-5-6-14-15(9-12)18-8-7-17-14/h1-6,9H,7-8,10H2. The second-order valence-corrected chi connectivity index (χ2v) is 4.59. The molecule has 0 spiro atoms. The van der Waals surface area contributed by atoms with Crippen LogP contribution < -0.4 is 14.2 Å². The van der Waals surface area contributed by atoms with Crippen molar-refractivity contribution in [2.24, 2.45) is 0 Å². The van der Waals surface area contributed by atoms with Gasteiger partial charge in [0.15, 0.2) is 11.5 Å². The zero-order chi connectivity index (χ0) is 13.1. The molecule has 0 fully saturated rings. The first-order valence-electron chi connectivity index (χ1n) is 6.09. The highest BCUT2D eigenvalue weighted by atomic mass is 35.5. The van der Waals surface area contributed by atoms with Gasteiger partial charge < -0.3 is 14.2 Å². The van der Waals surface area contributed by atoms with E-state index >= 15 is 0 Å². The molecule has 3 rings (SSSR count). The van der Waals surface area contributed by atoms with E-state index in [2.05, 4.69) is 0 Å². The topological polar surface area (TPSA) is 27.7 Å². The largest absolute Gasteiger partial charge is 0.489 e. The summed E-state index contributed by atoms with van der Waals surface area (Å²) in [6, 6.07) is 13.2. The molecule has 0 saturated heterocycles. The second kappa shape index (κ2) is 5.41. The number of rotatable bonds is 3. The summed E-state index contributed by atoms with van der Waals surface area (Å²) in [6.45, 7) is 1.59. The lowest BCUT2D eigenvalue weighted by Gasteiger charge is -2.19. The van der Waals surface area contributed by atoms with Gasteiger partial charge in [0.25, 0.3) is 0 Å². The first kappa shape index (κ1) is 12.2. The van der Waals surface area contributed by atoms with Crippen LogP contribution in [0.25, 0.3) is 0 Å². The summed E-state index contributed by atoms with van der Waals surface area (Å²) in [7, 11) is 0. The van der Waals surface area contributed by atoms with Crippen LogP contribution in [0.2, 0.25) is 5.02 Å². The molecule has 2 aromatic rings. The number of ether oxygens (including phenoxy) is 3. The van der Waals surface area contributed by atoms with Gasteiger partial charge in [-0.05, 0) is 18.2 Å². The lowest BCUT2D eigenvalue weighted by Crippen LogP contribution is -2.15. The number of hydrogen-bond acceptors (Lipinski definition) is 3. The molecule has 1 aliphatic rings. The molecule has 0 N–H and O–H groups in total. The van der Waals surface area contributed by atoms with E-state index in [1.165, 1.54) is 0 Å². The van der Waals surface area contributed by atoms with E-state index in [0.717, 1.165) is 22.8 Å². The monoisotopic (exact) mass is 276 g/mol. The first-order valence-corrected chi connectivity index (χ1v) is 6.46. The van der Waals surface area contributed by atoms with Crippen LogP contribution in [0.15, 0.2) is 42.5 Å². The maximum atomic E-state index is 6.08. The van der Waals surface area contributed by atoms with Gasteiger partial charge in [-0.15, -0.1) is 0 Å². The quantitative estimate of drug-likeness (QED) is 0.856. The van der Waals surface area contributed by atoms with Crippen LogP contribution in [0.4, 0.5) is 0 Å². The molecule has 1 heterocycles. The van der Waals surface area contributed by atoms with Crippen molar-refractivity contribution in [2.75, 3.05) is 13.2 Å². The van der Waals surface area contributed by atoms with Gasteiger partial charge in [0, 0.05) is 16.7 Å². The van der Waals surface area contributed by atoms with Crippen LogP contribution in [0, 0.1) is 0 Å². The summed E-state index contributed by atoms with van der Waals surface area (Å²) < 4.78 is 16.7. The Morgan fingerprint density at radius 1 is 1.00 bits per heavy atom. The van der Waals surface area contributed by atoms with Crippen molar-refractivity contribution in [3.63, 3.8) is 0 Å². The molecule has 98 valence electrons. The molecule has 0 unspecified atom stereocenters. The third kappa shape index (κ3) is 2.76. The van der Waals surface area contributed by atoms with Crippen LogP contribution in [-0.4, -0.2) is 13.2 Å². The molecule has 0 radical (unpaired) electrons. The summed E-state index contributed by atoms with van der Waals surface area (Å²) in [5, 5.41) is 0.708. The molecule has 19 heavy (non-hydrogen) atoms. The molecule has 3 nitrogen and oxygen atoms in total. The fourth-order valence-corrected chi connectivity index (χ4v) is 2.08. The highest BCUT2D eigenvalue weighted by Crippen LogP contribution is 2.33. The Labute approximate surface area is 116 Å². The highest BCUT2D eigenvalue weighted by Gasteiger charge is 2.12. The molecule has 1 aliphatic heterocycles. The van der Waals surface area contributed by atoms with Crippen molar-refractivity contribution >= 4 is 11.6 Å². The van der Waals surface area contributed by atoms with Crippen molar-refractivity contribution in [1.29, 1.82) is 0 Å². The van der Waals surface area contributed by atoms with E-state index in [-0.39, 0.29) is 0 Å². The first-order chi connectivity index (χ1) is 9.33. The van der Waals surface area contributed by atoms with Gasteiger partial charge in [-0.25, -0.2) is 0 Å². The van der Waals surface area contributed by atoms with Crippen molar-refractivity contribution in [3.8, 4) is 17.2 Å². The van der Waals surface area contributed by atoms with E-state index in [9.17, 15) is 0 Å². The number of fused-ring (bicyclic) bond motifs is 1. The third-order valence-electron chi connectivity index (χ3n) is 2.87. The SMILES string of the molecule is Clc1ccccc1COc1ccc2c(c1)OCCO2. The molecule has 4 heteroatoms. The van der Waals surface area contributed by atoms with Crippen LogP contribution in [0.3, 0.4) is 0 Å². The van der Waals surface area contributed by atoms with Gasteiger partial charge in [0.05, 0.1) is 0 Å². The summed E-state index contributed by atoms with van der Waals surface area (Å²) in [5.74, 6) is 2.23. The minimum Gasteiger partial charge on any atom is -0.489 e. The van der Waals surface area contributed by atoms with Crippen LogP contribution >= 0.6 is 11.6 Å². The van der Waals surface area contributed by atoms with E-state index in [0.29, 0.717) is 24.8 Å². The Hall–Kier alpha value is -1.87. The van der Waals surface area contributed by atoms with Crippen LogP contribution in [0.5, 0.6) is 17.2 Å². The summed E-state index contributed by atoms with van der Waals surface area (Å²) in [4.78, 5) is 0. The maximum absolute atomic E-state index is 6.08. The minimum absolute atomic E-state index is 0.430. The molecule has 0 amide bonds. The maximum Gasteiger partial charge on any atom is 0.165 e. The molecule has 0 atom stereocenters. The van der Waals surface area contributed by atoms with Gasteiger partial charge in [-0.2, -0.15) is 0 Å². The van der Waals surface area contributed by atoms with Crippen molar-refractivity contribution in [1.82, 2.24) is 0 Å². The minimum atomic E-state index is 0.430. The van der Waals surface area contributed by atoms with Gasteiger partial charge in [-0.1, -0.05) is 29.8 Å². The predicted molar refractivity (Wildman–Crippen MR) is 73.2 cm³/mol. The third-order valence-corrected chi connectivity index (χ3v) is 3.23. The second-order valence-electron chi connectivity index (χ2n) is 4.19. The average molecular weight is 277 g/mol. The molecule has 0 aromatic heterocycles. The molecule has 0 aliphatic carbocycles. The zero-order valence-corrected chi connectivity index (χ0v) is 11.0. The summed E-state index contributed by atoms with van der Waals surface area (Å²) in [6.07, 6.45) is 0. The number of benzene rings is 2. The van der Waals surface area contributed by atoms with E-state index in [1.54, 1.807) is 0 Å². The van der Waals surface area contributed by atoms with Gasteiger partial charge in [0.1, 0.15) is 25.6 Å². The number of halogens is 1. The summed E-state index contributed by atoms with van der Waals surface area (Å²) in [5.41, 5.74) is 0.957. The average Bonchev–Trinajstić information content (AvgIpc) is 2.46. The van der Waals surface area contributed by atoms with E-state index < -0.39 is 0 Å². The molecule has 2 aromatic carbocycles. The number of hydrogen-bond donors (Lipinski definition) is 0. The fourth-order valence-electron chi connectivity index (χ4n) is 1.89. The van der Waals surface area contributed by atoms with E-state index in [4.69, 9.17) is 25.8 Å². The Balaban J connectivity index is 1.72. The van der Waals surface area contributed by atoms with Crippen LogP contribution in [-0.2, 0) is 6.61 Å². The Morgan fingerprint density at radius 2 is 1.79 bits per heavy atom. The lowest BCUT2D eigenvalue weighted by molar-refractivity contribution is 0.170. The Morgan fingerprint density at radius 3 is 2.63 bits per heavy atom. The van der Waals surface area contributed by atoms with Crippen molar-refractivity contribution < 1.29 is 14.2 Å². The van der Waals surface area contributed by atoms with Crippen molar-refractivity contribution in [2.45, 2.75) is 6.61 Å². The van der Waals surface area contributed by atoms with Crippen molar-refractivity contribution in [3.05, 3.63) is 53.1 Å². The van der Waals surface area contributed by atoms with Gasteiger partial charge in [-0.3, -0.25) is 0 Å². The van der Waals surface area contributed by atoms with Crippen LogP contribution in [0.1, 0.15) is 5.56 Å². The molecular formula is C15H13ClO3. The predicted octanol–water partition coefficient (Wildman–Crippen LogP) is 3.69. The molecule has 0 saturated carbocycles. The smallest absolute Gasteiger partial charge is 0.165 e. The fraction of sp³-hybridized carbons (Fsp3) is 0.200. The normalized spacial score (nSPS) is 13.1. The summed E-state index contributed by atoms with van der Waals surface area (Å²) >= 11 is 6.08. The zero-order valence-electron chi connectivity index (χ0n) is 10.3. The molecule has 0 bridgehead atoms. The Kier molecular flexibility index (Phi) is 3.47. The van der Waals surface area contributed by atoms with Gasteiger partial charge in [0.2, 0.25) is 0 Å². The Bertz CT molecular complexity index is 583. The highest BCUT2D eigenvalue weighted by molar-refractivity contribution is 6.31. The van der Waals surface area contributed by atoms with Gasteiger partial charge >= 0.3 is 0 Å². The van der Waals surface area contributed by atoms with E-state index in [1.807, 2.05) is 42.5 Å².